The number of hydrogen-bond acceptors (Lipinski definition) is 3. The van der Waals surface area contributed by atoms with Crippen LogP contribution in [0, 0.1) is 0 Å². The quantitative estimate of drug-likeness (QED) is 0.687. The Labute approximate surface area is 124 Å². The van der Waals surface area contributed by atoms with Crippen molar-refractivity contribution in [2.75, 3.05) is 0 Å². The van der Waals surface area contributed by atoms with Gasteiger partial charge in [-0.15, -0.1) is 11.6 Å². The van der Waals surface area contributed by atoms with Crippen LogP contribution in [0.2, 0.25) is 0 Å². The first-order valence-electron chi connectivity index (χ1n) is 6.43. The maximum absolute atomic E-state index is 12.2. The van der Waals surface area contributed by atoms with Crippen LogP contribution in [0.4, 0.5) is 0 Å². The fourth-order valence-electron chi connectivity index (χ4n) is 1.54. The van der Waals surface area contributed by atoms with Crippen molar-refractivity contribution in [2.45, 2.75) is 44.7 Å². The Balaban J connectivity index is 2.96. The highest BCUT2D eigenvalue weighted by atomic mass is 35.5. The smallest absolute Gasteiger partial charge is 0.333 e. The van der Waals surface area contributed by atoms with Crippen LogP contribution in [0.3, 0.4) is 0 Å². The van der Waals surface area contributed by atoms with Crippen molar-refractivity contribution < 1.29 is 14.3 Å². The van der Waals surface area contributed by atoms with E-state index in [1.54, 1.807) is 52.0 Å². The molecule has 2 unspecified atom stereocenters. The average Bonchev–Trinajstić information content (AvgIpc) is 2.34. The molecule has 0 saturated heterocycles. The second-order valence-corrected chi connectivity index (χ2v) is 6.16. The predicted octanol–water partition coefficient (Wildman–Crippen LogP) is 2.81. The number of rotatable bonds is 4. The molecule has 5 heteroatoms. The van der Waals surface area contributed by atoms with Gasteiger partial charge in [-0.25, -0.2) is 4.79 Å². The van der Waals surface area contributed by atoms with E-state index in [4.69, 9.17) is 16.3 Å². The molecule has 0 spiro atoms. The molecule has 0 radical (unpaired) electrons. The van der Waals surface area contributed by atoms with Gasteiger partial charge in [0.25, 0.3) is 0 Å². The van der Waals surface area contributed by atoms with Gasteiger partial charge in [0.1, 0.15) is 11.0 Å². The monoisotopic (exact) mass is 297 g/mol. The van der Waals surface area contributed by atoms with Gasteiger partial charge in [-0.3, -0.25) is 4.79 Å². The summed E-state index contributed by atoms with van der Waals surface area (Å²) in [6.07, 6.45) is 0. The molecule has 1 amide bonds. The summed E-state index contributed by atoms with van der Waals surface area (Å²) in [5.41, 5.74) is 0.0361. The minimum absolute atomic E-state index is 0.411. The normalized spacial score (nSPS) is 14.2. The van der Waals surface area contributed by atoms with Crippen LogP contribution in [0.15, 0.2) is 30.3 Å². The van der Waals surface area contributed by atoms with E-state index in [1.165, 1.54) is 0 Å². The predicted molar refractivity (Wildman–Crippen MR) is 78.5 cm³/mol. The average molecular weight is 298 g/mol. The number of amides is 1. The molecular formula is C15H20ClNO3. The molecule has 1 N–H and O–H groups in total. The lowest BCUT2D eigenvalue weighted by Gasteiger charge is -2.25. The number of nitrogens with one attached hydrogen (secondary N) is 1. The second kappa shape index (κ2) is 6.75. The van der Waals surface area contributed by atoms with Crippen molar-refractivity contribution >= 4 is 23.5 Å². The highest BCUT2D eigenvalue weighted by molar-refractivity contribution is 6.30. The van der Waals surface area contributed by atoms with Crippen LogP contribution >= 0.6 is 11.6 Å². The molecule has 1 aromatic carbocycles. The zero-order chi connectivity index (χ0) is 15.3. The third kappa shape index (κ3) is 5.21. The molecule has 0 aliphatic rings. The lowest BCUT2D eigenvalue weighted by Crippen LogP contribution is -2.40. The topological polar surface area (TPSA) is 55.4 Å². The molecule has 0 aliphatic heterocycles. The first-order valence-corrected chi connectivity index (χ1v) is 6.86. The van der Waals surface area contributed by atoms with Crippen LogP contribution in [0.25, 0.3) is 0 Å². The zero-order valence-corrected chi connectivity index (χ0v) is 12.9. The maximum atomic E-state index is 12.2. The molecule has 0 aromatic heterocycles. The molecule has 4 nitrogen and oxygen atoms in total. The Kier molecular flexibility index (Phi) is 5.57. The summed E-state index contributed by atoms with van der Waals surface area (Å²) < 4.78 is 5.34. The Morgan fingerprint density at radius 3 is 2.20 bits per heavy atom. The van der Waals surface area contributed by atoms with Gasteiger partial charge >= 0.3 is 5.97 Å². The van der Waals surface area contributed by atoms with Crippen LogP contribution in [-0.4, -0.2) is 22.9 Å². The molecule has 1 rings (SSSR count). The van der Waals surface area contributed by atoms with Gasteiger partial charge in [0.15, 0.2) is 6.04 Å². The van der Waals surface area contributed by atoms with Crippen LogP contribution < -0.4 is 5.32 Å². The third-order valence-corrected chi connectivity index (χ3v) is 2.62. The van der Waals surface area contributed by atoms with E-state index in [9.17, 15) is 9.59 Å². The largest absolute Gasteiger partial charge is 0.458 e. The Hall–Kier alpha value is -1.55. The fourth-order valence-corrected chi connectivity index (χ4v) is 1.60. The highest BCUT2D eigenvalue weighted by Gasteiger charge is 2.28. The SMILES string of the molecule is CC(Cl)C(=O)NC(C(=O)OC(C)(C)C)c1ccccc1. The molecule has 20 heavy (non-hydrogen) atoms. The van der Waals surface area contributed by atoms with E-state index >= 15 is 0 Å². The maximum Gasteiger partial charge on any atom is 0.333 e. The second-order valence-electron chi connectivity index (χ2n) is 5.50. The van der Waals surface area contributed by atoms with Gasteiger partial charge in [-0.1, -0.05) is 30.3 Å². The van der Waals surface area contributed by atoms with E-state index in [-0.39, 0.29) is 0 Å². The van der Waals surface area contributed by atoms with E-state index in [0.29, 0.717) is 5.56 Å². The number of hydrogen-bond donors (Lipinski definition) is 1. The fraction of sp³-hybridized carbons (Fsp3) is 0.467. The number of ether oxygens (including phenoxy) is 1. The molecule has 0 fully saturated rings. The summed E-state index contributed by atoms with van der Waals surface area (Å²) in [5.74, 6) is -0.916. The molecule has 0 aliphatic carbocycles. The standard InChI is InChI=1S/C15H20ClNO3/c1-10(16)13(18)17-12(11-8-6-5-7-9-11)14(19)20-15(2,3)4/h5-10,12H,1-4H3,(H,17,18). The van der Waals surface area contributed by atoms with Crippen molar-refractivity contribution in [1.82, 2.24) is 5.32 Å². The number of esters is 1. The van der Waals surface area contributed by atoms with Gasteiger partial charge in [0.05, 0.1) is 0 Å². The summed E-state index contributed by atoms with van der Waals surface area (Å²) in [7, 11) is 0. The summed E-state index contributed by atoms with van der Waals surface area (Å²) >= 11 is 5.73. The van der Waals surface area contributed by atoms with Crippen LogP contribution in [0.5, 0.6) is 0 Å². The van der Waals surface area contributed by atoms with Crippen molar-refractivity contribution in [1.29, 1.82) is 0 Å². The van der Waals surface area contributed by atoms with E-state index in [1.807, 2.05) is 6.07 Å². The van der Waals surface area contributed by atoms with Crippen molar-refractivity contribution in [3.63, 3.8) is 0 Å². The lowest BCUT2D eigenvalue weighted by atomic mass is 10.1. The van der Waals surface area contributed by atoms with Gasteiger partial charge in [0.2, 0.25) is 5.91 Å². The minimum Gasteiger partial charge on any atom is -0.458 e. The summed E-state index contributed by atoms with van der Waals surface area (Å²) in [6, 6.07) is 8.08. The Bertz CT molecular complexity index is 466. The Morgan fingerprint density at radius 1 is 1.20 bits per heavy atom. The summed E-state index contributed by atoms with van der Waals surface area (Å²) in [4.78, 5) is 24.0. The van der Waals surface area contributed by atoms with Crippen molar-refractivity contribution in [2.24, 2.45) is 0 Å². The van der Waals surface area contributed by atoms with E-state index in [2.05, 4.69) is 5.32 Å². The molecule has 0 heterocycles. The lowest BCUT2D eigenvalue weighted by molar-refractivity contribution is -0.158. The molecule has 2 atom stereocenters. The van der Waals surface area contributed by atoms with E-state index in [0.717, 1.165) is 0 Å². The molecule has 0 bridgehead atoms. The van der Waals surface area contributed by atoms with Crippen LogP contribution in [-0.2, 0) is 14.3 Å². The minimum atomic E-state index is -0.857. The first kappa shape index (κ1) is 16.5. The number of carbonyl (C=O) groups excluding carboxylic acids is 2. The molecule has 110 valence electrons. The molecule has 1 aromatic rings. The van der Waals surface area contributed by atoms with Crippen molar-refractivity contribution in [3.8, 4) is 0 Å². The van der Waals surface area contributed by atoms with Crippen LogP contribution in [0.1, 0.15) is 39.3 Å². The van der Waals surface area contributed by atoms with Gasteiger partial charge in [-0.05, 0) is 33.3 Å². The first-order chi connectivity index (χ1) is 9.20. The number of benzene rings is 1. The van der Waals surface area contributed by atoms with Gasteiger partial charge in [0, 0.05) is 0 Å². The molecular weight excluding hydrogens is 278 g/mol. The third-order valence-electron chi connectivity index (χ3n) is 2.42. The van der Waals surface area contributed by atoms with Crippen molar-refractivity contribution in [3.05, 3.63) is 35.9 Å². The number of carbonyl (C=O) groups is 2. The Morgan fingerprint density at radius 2 is 1.75 bits per heavy atom. The summed E-state index contributed by atoms with van der Waals surface area (Å²) in [5, 5.41) is 1.89. The summed E-state index contributed by atoms with van der Waals surface area (Å²) in [6.45, 7) is 6.88. The number of alkyl halides is 1. The number of halogens is 1. The highest BCUT2D eigenvalue weighted by Crippen LogP contribution is 2.19. The van der Waals surface area contributed by atoms with Gasteiger partial charge in [-0.2, -0.15) is 0 Å². The molecule has 0 saturated carbocycles. The zero-order valence-electron chi connectivity index (χ0n) is 12.1. The van der Waals surface area contributed by atoms with Gasteiger partial charge < -0.3 is 10.1 Å². The van der Waals surface area contributed by atoms with E-state index < -0.39 is 28.9 Å².